The molecule has 0 spiro atoms. The largest absolute Gasteiger partial charge is 0.346 e. The zero-order valence-electron chi connectivity index (χ0n) is 12.6. The van der Waals surface area contributed by atoms with Crippen molar-refractivity contribution in [2.45, 2.75) is 18.9 Å². The van der Waals surface area contributed by atoms with Crippen LogP contribution in [-0.4, -0.2) is 16.1 Å². The molecule has 23 heavy (non-hydrogen) atoms. The highest BCUT2D eigenvalue weighted by Gasteiger charge is 2.22. The monoisotopic (exact) mass is 303 g/mol. The summed E-state index contributed by atoms with van der Waals surface area (Å²) in [6, 6.07) is 14.4. The second kappa shape index (κ2) is 5.72. The van der Waals surface area contributed by atoms with Crippen LogP contribution in [0.1, 0.15) is 29.2 Å². The van der Waals surface area contributed by atoms with Gasteiger partial charge in [0.1, 0.15) is 0 Å². The molecule has 114 valence electrons. The van der Waals surface area contributed by atoms with Crippen LogP contribution in [0.5, 0.6) is 0 Å². The van der Waals surface area contributed by atoms with Gasteiger partial charge in [-0.3, -0.25) is 9.89 Å². The van der Waals surface area contributed by atoms with E-state index >= 15 is 0 Å². The summed E-state index contributed by atoms with van der Waals surface area (Å²) in [6.45, 7) is 0. The third-order valence-corrected chi connectivity index (χ3v) is 4.34. The van der Waals surface area contributed by atoms with Crippen molar-refractivity contribution in [3.05, 3.63) is 71.4 Å². The fourth-order valence-electron chi connectivity index (χ4n) is 3.16. The minimum absolute atomic E-state index is 0.0589. The van der Waals surface area contributed by atoms with Gasteiger partial charge in [-0.15, -0.1) is 0 Å². The van der Waals surface area contributed by atoms with Gasteiger partial charge in [0.15, 0.2) is 0 Å². The molecule has 3 aromatic rings. The average Bonchev–Trinajstić information content (AvgIpc) is 3.20. The number of fused-ring (bicyclic) bond motifs is 2. The Hall–Kier alpha value is -2.88. The number of benzene rings is 2. The minimum atomic E-state index is -0.0589. The van der Waals surface area contributed by atoms with Crippen molar-refractivity contribution in [2.75, 3.05) is 0 Å². The van der Waals surface area contributed by atoms with Gasteiger partial charge in [0, 0.05) is 11.5 Å². The first-order chi connectivity index (χ1) is 11.3. The topological polar surface area (TPSA) is 57.8 Å². The van der Waals surface area contributed by atoms with E-state index in [1.807, 2.05) is 30.3 Å². The molecule has 1 amide bonds. The number of hydrogen-bond acceptors (Lipinski definition) is 2. The molecule has 0 aliphatic heterocycles. The number of carbonyl (C=O) groups excluding carboxylic acids is 1. The number of aryl methyl sites for hydroxylation is 1. The molecule has 0 saturated heterocycles. The van der Waals surface area contributed by atoms with E-state index in [1.54, 1.807) is 12.3 Å². The van der Waals surface area contributed by atoms with Gasteiger partial charge in [-0.2, -0.15) is 5.10 Å². The van der Waals surface area contributed by atoms with Crippen LogP contribution < -0.4 is 5.32 Å². The fourth-order valence-corrected chi connectivity index (χ4v) is 3.16. The van der Waals surface area contributed by atoms with E-state index in [9.17, 15) is 4.79 Å². The van der Waals surface area contributed by atoms with Gasteiger partial charge in [0.25, 0.3) is 0 Å². The lowest BCUT2D eigenvalue weighted by atomic mass is 10.1. The number of amides is 1. The number of aromatic nitrogens is 2. The second-order valence-corrected chi connectivity index (χ2v) is 5.85. The highest BCUT2D eigenvalue weighted by molar-refractivity contribution is 5.92. The van der Waals surface area contributed by atoms with E-state index in [-0.39, 0.29) is 11.9 Å². The van der Waals surface area contributed by atoms with E-state index in [4.69, 9.17) is 0 Å². The SMILES string of the molecule is O=C(/C=C/c1ccc2cn[nH]c2c1)NC1CCc2ccccc21. The molecule has 0 bridgehead atoms. The Kier molecular flexibility index (Phi) is 3.42. The number of H-pyrrole nitrogens is 1. The number of rotatable bonds is 3. The minimum Gasteiger partial charge on any atom is -0.346 e. The molecule has 4 nitrogen and oxygen atoms in total. The van der Waals surface area contributed by atoms with Crippen LogP contribution in [0.15, 0.2) is 54.7 Å². The first-order valence-electron chi connectivity index (χ1n) is 7.79. The number of nitrogens with one attached hydrogen (secondary N) is 2. The predicted octanol–water partition coefficient (Wildman–Crippen LogP) is 3.38. The number of carbonyl (C=O) groups is 1. The smallest absolute Gasteiger partial charge is 0.244 e. The van der Waals surface area contributed by atoms with Gasteiger partial charge < -0.3 is 5.32 Å². The Balaban J connectivity index is 1.46. The summed E-state index contributed by atoms with van der Waals surface area (Å²) in [5.74, 6) is -0.0589. The summed E-state index contributed by atoms with van der Waals surface area (Å²) in [4.78, 5) is 12.2. The number of aromatic amines is 1. The molecule has 0 saturated carbocycles. The predicted molar refractivity (Wildman–Crippen MR) is 90.8 cm³/mol. The maximum atomic E-state index is 12.2. The molecule has 1 heterocycles. The first-order valence-corrected chi connectivity index (χ1v) is 7.79. The normalized spacial score (nSPS) is 16.8. The first kappa shape index (κ1) is 13.8. The molecule has 4 rings (SSSR count). The molecule has 4 heteroatoms. The summed E-state index contributed by atoms with van der Waals surface area (Å²) in [6.07, 6.45) is 7.21. The zero-order chi connectivity index (χ0) is 15.6. The third kappa shape index (κ3) is 2.75. The van der Waals surface area contributed by atoms with Gasteiger partial charge in [-0.1, -0.05) is 36.4 Å². The molecule has 0 fully saturated rings. The van der Waals surface area contributed by atoms with E-state index in [0.717, 1.165) is 29.3 Å². The van der Waals surface area contributed by atoms with Crippen LogP contribution in [0.3, 0.4) is 0 Å². The number of hydrogen-bond donors (Lipinski definition) is 2. The maximum absolute atomic E-state index is 12.2. The van der Waals surface area contributed by atoms with Crippen LogP contribution in [0.25, 0.3) is 17.0 Å². The Bertz CT molecular complexity index is 894. The molecule has 1 atom stereocenters. The molecule has 0 radical (unpaired) electrons. The molecule has 1 aliphatic carbocycles. The average molecular weight is 303 g/mol. The lowest BCUT2D eigenvalue weighted by molar-refractivity contribution is -0.117. The highest BCUT2D eigenvalue weighted by atomic mass is 16.1. The van der Waals surface area contributed by atoms with Crippen molar-refractivity contribution in [3.63, 3.8) is 0 Å². The third-order valence-electron chi connectivity index (χ3n) is 4.34. The van der Waals surface area contributed by atoms with E-state index in [2.05, 4.69) is 33.7 Å². The molecular formula is C19H17N3O. The van der Waals surface area contributed by atoms with Crippen molar-refractivity contribution in [1.82, 2.24) is 15.5 Å². The Morgan fingerprint density at radius 3 is 3.13 bits per heavy atom. The van der Waals surface area contributed by atoms with Crippen LogP contribution in [-0.2, 0) is 11.2 Å². The quantitative estimate of drug-likeness (QED) is 0.729. The highest BCUT2D eigenvalue weighted by Crippen LogP contribution is 2.30. The van der Waals surface area contributed by atoms with Crippen LogP contribution in [0.2, 0.25) is 0 Å². The van der Waals surface area contributed by atoms with E-state index in [1.165, 1.54) is 11.1 Å². The van der Waals surface area contributed by atoms with E-state index in [0.29, 0.717) is 0 Å². The maximum Gasteiger partial charge on any atom is 0.244 e. The van der Waals surface area contributed by atoms with Gasteiger partial charge >= 0.3 is 0 Å². The number of nitrogens with zero attached hydrogens (tertiary/aromatic N) is 1. The Morgan fingerprint density at radius 2 is 2.17 bits per heavy atom. The van der Waals surface area contributed by atoms with Gasteiger partial charge in [-0.05, 0) is 41.7 Å². The molecule has 1 aromatic heterocycles. The van der Waals surface area contributed by atoms with Crippen LogP contribution in [0.4, 0.5) is 0 Å². The molecular weight excluding hydrogens is 286 g/mol. The standard InChI is InChI=1S/C19H17N3O/c23-19(21-17-9-8-14-3-1-2-4-16(14)17)10-6-13-5-7-15-12-20-22-18(15)11-13/h1-7,10-12,17H,8-9H2,(H,20,22)(H,21,23)/b10-6+. The molecule has 2 N–H and O–H groups in total. The summed E-state index contributed by atoms with van der Waals surface area (Å²) in [7, 11) is 0. The zero-order valence-corrected chi connectivity index (χ0v) is 12.6. The van der Waals surface area contributed by atoms with Gasteiger partial charge in [0.2, 0.25) is 5.91 Å². The van der Waals surface area contributed by atoms with Crippen molar-refractivity contribution in [1.29, 1.82) is 0 Å². The lowest BCUT2D eigenvalue weighted by Crippen LogP contribution is -2.25. The van der Waals surface area contributed by atoms with Gasteiger partial charge in [0.05, 0.1) is 17.8 Å². The molecule has 2 aromatic carbocycles. The lowest BCUT2D eigenvalue weighted by Gasteiger charge is -2.12. The Morgan fingerprint density at radius 1 is 1.26 bits per heavy atom. The van der Waals surface area contributed by atoms with E-state index < -0.39 is 0 Å². The molecule has 1 aliphatic rings. The van der Waals surface area contributed by atoms with Crippen molar-refractivity contribution in [2.24, 2.45) is 0 Å². The summed E-state index contributed by atoms with van der Waals surface area (Å²) in [5, 5.41) is 11.1. The second-order valence-electron chi connectivity index (χ2n) is 5.85. The summed E-state index contributed by atoms with van der Waals surface area (Å²) >= 11 is 0. The Labute approximate surface area is 134 Å². The van der Waals surface area contributed by atoms with Crippen molar-refractivity contribution >= 4 is 22.9 Å². The fraction of sp³-hybridized carbons (Fsp3) is 0.158. The van der Waals surface area contributed by atoms with Crippen LogP contribution in [0, 0.1) is 0 Å². The van der Waals surface area contributed by atoms with Crippen LogP contribution >= 0.6 is 0 Å². The molecule has 1 unspecified atom stereocenters. The summed E-state index contributed by atoms with van der Waals surface area (Å²) in [5.41, 5.74) is 4.53. The van der Waals surface area contributed by atoms with Crippen molar-refractivity contribution in [3.8, 4) is 0 Å². The summed E-state index contributed by atoms with van der Waals surface area (Å²) < 4.78 is 0. The van der Waals surface area contributed by atoms with Gasteiger partial charge in [-0.25, -0.2) is 0 Å². The van der Waals surface area contributed by atoms with Crippen molar-refractivity contribution < 1.29 is 4.79 Å².